The third-order valence-electron chi connectivity index (χ3n) is 6.68. The van der Waals surface area contributed by atoms with Crippen LogP contribution in [0.4, 0.5) is 4.79 Å². The molecule has 1 aromatic rings. The summed E-state index contributed by atoms with van der Waals surface area (Å²) in [4.78, 5) is 19.4. The van der Waals surface area contributed by atoms with E-state index in [0.29, 0.717) is 31.4 Å². The van der Waals surface area contributed by atoms with Gasteiger partial charge in [0.15, 0.2) is 0 Å². The summed E-state index contributed by atoms with van der Waals surface area (Å²) in [5.41, 5.74) is 0.976. The second kappa shape index (κ2) is 11.0. The zero-order valence-corrected chi connectivity index (χ0v) is 20.5. The molecule has 5 rings (SSSR count). The molecule has 4 heterocycles. The van der Waals surface area contributed by atoms with Crippen molar-refractivity contribution in [2.24, 2.45) is 0 Å². The van der Waals surface area contributed by atoms with E-state index in [0.717, 1.165) is 37.1 Å². The fraction of sp³-hybridized carbons (Fsp3) is 0.739. The van der Waals surface area contributed by atoms with E-state index in [1.54, 1.807) is 17.2 Å². The van der Waals surface area contributed by atoms with Gasteiger partial charge in [-0.15, -0.1) is 0 Å². The van der Waals surface area contributed by atoms with Gasteiger partial charge in [-0.3, -0.25) is 4.90 Å². The van der Waals surface area contributed by atoms with Crippen molar-refractivity contribution in [2.45, 2.75) is 76.1 Å². The zero-order chi connectivity index (χ0) is 23.4. The third kappa shape index (κ3) is 5.96. The van der Waals surface area contributed by atoms with Gasteiger partial charge >= 0.3 is 6.09 Å². The van der Waals surface area contributed by atoms with Gasteiger partial charge in [-0.2, -0.15) is 0 Å². The van der Waals surface area contributed by atoms with Crippen LogP contribution in [0.25, 0.3) is 0 Å². The Labute approximate surface area is 198 Å². The molecular formula is C23H35N3O6S. The lowest BCUT2D eigenvalue weighted by Crippen LogP contribution is -2.50. The van der Waals surface area contributed by atoms with Gasteiger partial charge in [0.25, 0.3) is 0 Å². The van der Waals surface area contributed by atoms with Gasteiger partial charge in [-0.1, -0.05) is 0 Å². The van der Waals surface area contributed by atoms with Crippen molar-refractivity contribution in [3.05, 3.63) is 17.8 Å². The Balaban J connectivity index is 1.54. The Bertz CT molecular complexity index is 847. The first kappa shape index (κ1) is 24.2. The molecule has 1 amide bonds. The number of carbonyl (C=O) groups excluding carboxylic acids is 1. The van der Waals surface area contributed by atoms with Crippen LogP contribution in [-0.4, -0.2) is 77.1 Å². The highest BCUT2D eigenvalue weighted by Crippen LogP contribution is 2.36. The molecule has 184 valence electrons. The van der Waals surface area contributed by atoms with E-state index in [-0.39, 0.29) is 37.4 Å². The largest absolute Gasteiger partial charge is 0.494 e. The Morgan fingerprint density at radius 3 is 2.70 bits per heavy atom. The number of hydrogen-bond donors (Lipinski definition) is 1. The third-order valence-corrected chi connectivity index (χ3v) is 7.31. The summed E-state index contributed by atoms with van der Waals surface area (Å²) in [6, 6.07) is 3.41. The lowest BCUT2D eigenvalue weighted by molar-refractivity contribution is -0.0118. The lowest BCUT2D eigenvalue weighted by Gasteiger charge is -2.33. The summed E-state index contributed by atoms with van der Waals surface area (Å²) in [6.07, 6.45) is 5.82. The molecule has 4 atom stereocenters. The van der Waals surface area contributed by atoms with Crippen LogP contribution < -0.4 is 14.2 Å². The maximum Gasteiger partial charge on any atom is 0.410 e. The number of aromatic nitrogens is 1. The normalized spacial score (nSPS) is 31.4. The van der Waals surface area contributed by atoms with Crippen molar-refractivity contribution in [1.29, 1.82) is 0 Å². The Hall–Kier alpha value is -1.91. The fourth-order valence-corrected chi connectivity index (χ4v) is 5.83. The van der Waals surface area contributed by atoms with Crippen LogP contribution in [-0.2, 0) is 20.5 Å². The predicted molar refractivity (Wildman–Crippen MR) is 124 cm³/mol. The van der Waals surface area contributed by atoms with E-state index >= 15 is 0 Å². The van der Waals surface area contributed by atoms with E-state index in [9.17, 15) is 9.00 Å². The van der Waals surface area contributed by atoms with Crippen molar-refractivity contribution < 1.29 is 28.0 Å². The number of hydrogen-bond acceptors (Lipinski definition) is 7. The minimum Gasteiger partial charge on any atom is -0.494 e. The second-order valence-electron chi connectivity index (χ2n) is 9.01. The summed E-state index contributed by atoms with van der Waals surface area (Å²) < 4.78 is 38.4. The maximum absolute atomic E-state index is 13.0. The molecule has 9 nitrogen and oxygen atoms in total. The molecule has 1 saturated carbocycles. The summed E-state index contributed by atoms with van der Waals surface area (Å²) in [7, 11) is -1.18. The molecule has 1 N–H and O–H groups in total. The summed E-state index contributed by atoms with van der Waals surface area (Å²) in [6.45, 7) is 5.20. The van der Waals surface area contributed by atoms with Gasteiger partial charge < -0.3 is 18.9 Å². The highest BCUT2D eigenvalue weighted by atomic mass is 32.2. The average Bonchev–Trinajstić information content (AvgIpc) is 3.09. The monoisotopic (exact) mass is 481 g/mol. The second-order valence-corrected chi connectivity index (χ2v) is 10.2. The van der Waals surface area contributed by atoms with Crippen molar-refractivity contribution in [2.75, 3.05) is 32.7 Å². The molecule has 0 spiro atoms. The molecule has 1 aliphatic carbocycles. The van der Waals surface area contributed by atoms with Crippen molar-refractivity contribution >= 4 is 17.1 Å². The van der Waals surface area contributed by atoms with E-state index in [1.807, 2.05) is 19.9 Å². The van der Waals surface area contributed by atoms with Crippen molar-refractivity contribution in [3.63, 3.8) is 0 Å². The fourth-order valence-electron chi connectivity index (χ4n) is 5.15. The van der Waals surface area contributed by atoms with Crippen LogP contribution >= 0.6 is 0 Å². The van der Waals surface area contributed by atoms with E-state index in [2.05, 4.69) is 4.72 Å². The molecule has 4 unspecified atom stereocenters. The molecule has 1 aromatic heterocycles. The quantitative estimate of drug-likeness (QED) is 0.706. The Kier molecular flexibility index (Phi) is 8.08. The standard InChI is InChI=1S/C23H35N3O6S/c1-4-29-18-12-19-16-5-7-17(8-6-16)32-14-21-20(25-33(3)28)11-15(2)26(21)23(27)31-10-9-30-22(13-18)24-19/h12-13,15-17,20-21,25H,4-11,14H2,1-3H3. The molecule has 4 bridgehead atoms. The van der Waals surface area contributed by atoms with Gasteiger partial charge in [0.1, 0.15) is 19.0 Å². The van der Waals surface area contributed by atoms with Gasteiger partial charge in [-0.05, 0) is 46.0 Å². The van der Waals surface area contributed by atoms with Gasteiger partial charge in [0.05, 0.1) is 42.0 Å². The van der Waals surface area contributed by atoms with Crippen LogP contribution in [0.2, 0.25) is 0 Å². The highest BCUT2D eigenvalue weighted by Gasteiger charge is 2.43. The first-order valence-corrected chi connectivity index (χ1v) is 13.4. The average molecular weight is 482 g/mol. The van der Waals surface area contributed by atoms with Crippen LogP contribution in [0, 0.1) is 0 Å². The summed E-state index contributed by atoms with van der Waals surface area (Å²) >= 11 is 0. The van der Waals surface area contributed by atoms with Crippen LogP contribution in [0.1, 0.15) is 57.6 Å². The van der Waals surface area contributed by atoms with Gasteiger partial charge in [0.2, 0.25) is 5.88 Å². The molecule has 1 saturated heterocycles. The first-order chi connectivity index (χ1) is 15.9. The van der Waals surface area contributed by atoms with Crippen LogP contribution in [0.5, 0.6) is 11.6 Å². The zero-order valence-electron chi connectivity index (χ0n) is 19.7. The smallest absolute Gasteiger partial charge is 0.410 e. The first-order valence-electron chi connectivity index (χ1n) is 11.9. The number of rotatable bonds is 4. The molecule has 0 aromatic carbocycles. The lowest BCUT2D eigenvalue weighted by atomic mass is 9.85. The summed E-state index contributed by atoms with van der Waals surface area (Å²) in [5.74, 6) is 1.56. The minimum absolute atomic E-state index is 0.0465. The van der Waals surface area contributed by atoms with E-state index in [4.69, 9.17) is 23.9 Å². The SMILES string of the molecule is CCOc1cc2nc(c1)C1CCC(CC1)OCC1C(NS(C)=O)CC(C)N1C(=O)OCCO2. The van der Waals surface area contributed by atoms with E-state index in [1.165, 1.54) is 0 Å². The number of fused-ring (bicyclic) bond motifs is 7. The van der Waals surface area contributed by atoms with Crippen molar-refractivity contribution in [1.82, 2.24) is 14.6 Å². The molecule has 2 fully saturated rings. The molecule has 3 aliphatic heterocycles. The topological polar surface area (TPSA) is 99.2 Å². The van der Waals surface area contributed by atoms with Gasteiger partial charge in [0, 0.05) is 36.4 Å². The number of nitrogens with zero attached hydrogens (tertiary/aromatic N) is 2. The Morgan fingerprint density at radius 1 is 1.21 bits per heavy atom. The molecule has 10 heteroatoms. The number of carbonyl (C=O) groups is 1. The van der Waals surface area contributed by atoms with E-state index < -0.39 is 17.1 Å². The maximum atomic E-state index is 13.0. The number of ether oxygens (including phenoxy) is 4. The van der Waals surface area contributed by atoms with Crippen LogP contribution in [0.3, 0.4) is 0 Å². The minimum atomic E-state index is -1.18. The summed E-state index contributed by atoms with van der Waals surface area (Å²) in [5, 5.41) is 0. The highest BCUT2D eigenvalue weighted by molar-refractivity contribution is 7.82. The number of nitrogens with one attached hydrogen (secondary N) is 1. The van der Waals surface area contributed by atoms with Crippen LogP contribution in [0.15, 0.2) is 12.1 Å². The predicted octanol–water partition coefficient (Wildman–Crippen LogP) is 2.77. The Morgan fingerprint density at radius 2 is 1.97 bits per heavy atom. The number of amides is 1. The molecule has 4 aliphatic rings. The molecular weight excluding hydrogens is 446 g/mol. The van der Waals surface area contributed by atoms with Gasteiger partial charge in [-0.25, -0.2) is 18.7 Å². The molecule has 0 radical (unpaired) electrons. The molecule has 33 heavy (non-hydrogen) atoms. The van der Waals surface area contributed by atoms with Crippen molar-refractivity contribution in [3.8, 4) is 11.6 Å². The number of pyridine rings is 1.